The van der Waals surface area contributed by atoms with Crippen molar-refractivity contribution in [2.45, 2.75) is 12.6 Å². The molecule has 4 N–H and O–H groups in total. The second-order valence-electron chi connectivity index (χ2n) is 4.00. The second-order valence-corrected chi connectivity index (χ2v) is 4.98. The van der Waals surface area contributed by atoms with E-state index in [1.165, 1.54) is 23.6 Å². The molecule has 2 heterocycles. The van der Waals surface area contributed by atoms with E-state index in [-0.39, 0.29) is 6.54 Å². The summed E-state index contributed by atoms with van der Waals surface area (Å²) in [5.41, 5.74) is 6.37. The first-order valence-corrected chi connectivity index (χ1v) is 6.72. The molecule has 2 aromatic rings. The zero-order valence-corrected chi connectivity index (χ0v) is 11.3. The lowest BCUT2D eigenvalue weighted by Crippen LogP contribution is -2.33. The minimum atomic E-state index is -1.10. The summed E-state index contributed by atoms with van der Waals surface area (Å²) in [5.74, 6) is -1.57. The van der Waals surface area contributed by atoms with Crippen LogP contribution in [0.1, 0.15) is 27.0 Å². The quantitative estimate of drug-likeness (QED) is 0.766. The third kappa shape index (κ3) is 3.19. The zero-order valence-electron chi connectivity index (χ0n) is 10.4. The lowest BCUT2D eigenvalue weighted by atomic mass is 10.2. The Bertz CT molecular complexity index is 613. The van der Waals surface area contributed by atoms with Crippen LogP contribution in [-0.2, 0) is 11.3 Å². The van der Waals surface area contributed by atoms with E-state index in [9.17, 15) is 14.7 Å². The Labute approximate surface area is 119 Å². The molecule has 0 fully saturated rings. The van der Waals surface area contributed by atoms with Gasteiger partial charge in [0.15, 0.2) is 6.04 Å². The predicted octanol–water partition coefficient (Wildman–Crippen LogP) is 1.16. The van der Waals surface area contributed by atoms with Crippen LogP contribution >= 0.6 is 11.3 Å². The van der Waals surface area contributed by atoms with Crippen LogP contribution in [0.15, 0.2) is 35.8 Å². The number of hydrogen-bond acceptors (Lipinski definition) is 5. The summed E-state index contributed by atoms with van der Waals surface area (Å²) in [6.07, 6.45) is 1.47. The number of carbonyl (C=O) groups excluding carboxylic acids is 1. The number of nitrogens with one attached hydrogen (secondary N) is 1. The number of thiophene rings is 1. The number of nitrogens with zero attached hydrogens (tertiary/aromatic N) is 1. The lowest BCUT2D eigenvalue weighted by molar-refractivity contribution is -0.139. The van der Waals surface area contributed by atoms with Crippen LogP contribution in [0, 0.1) is 0 Å². The first kappa shape index (κ1) is 14.2. The highest BCUT2D eigenvalue weighted by atomic mass is 32.1. The SMILES string of the molecule is NCc1cc(C(=O)NC(C(=O)O)c2cccs2)ccn1. The summed E-state index contributed by atoms with van der Waals surface area (Å²) in [6, 6.07) is 5.41. The van der Waals surface area contributed by atoms with Gasteiger partial charge in [0.25, 0.3) is 5.91 Å². The summed E-state index contributed by atoms with van der Waals surface area (Å²) in [5, 5.41) is 13.5. The normalized spacial score (nSPS) is 11.8. The van der Waals surface area contributed by atoms with Crippen molar-refractivity contribution in [1.82, 2.24) is 10.3 Å². The van der Waals surface area contributed by atoms with Crippen molar-refractivity contribution < 1.29 is 14.7 Å². The topological polar surface area (TPSA) is 105 Å². The largest absolute Gasteiger partial charge is 0.479 e. The third-order valence-corrected chi connectivity index (χ3v) is 3.58. The van der Waals surface area contributed by atoms with Gasteiger partial charge in [-0.1, -0.05) is 6.07 Å². The Morgan fingerprint density at radius 2 is 2.25 bits per heavy atom. The Hall–Kier alpha value is -2.25. The van der Waals surface area contributed by atoms with Crippen LogP contribution in [0.2, 0.25) is 0 Å². The molecule has 0 saturated carbocycles. The molecule has 0 bridgehead atoms. The van der Waals surface area contributed by atoms with E-state index >= 15 is 0 Å². The minimum absolute atomic E-state index is 0.217. The maximum absolute atomic E-state index is 12.1. The van der Waals surface area contributed by atoms with Crippen LogP contribution in [-0.4, -0.2) is 22.0 Å². The maximum Gasteiger partial charge on any atom is 0.331 e. The molecule has 0 saturated heterocycles. The Morgan fingerprint density at radius 1 is 1.45 bits per heavy atom. The van der Waals surface area contributed by atoms with Gasteiger partial charge in [-0.25, -0.2) is 4.79 Å². The van der Waals surface area contributed by atoms with Crippen molar-refractivity contribution in [3.05, 3.63) is 52.0 Å². The number of aromatic nitrogens is 1. The zero-order chi connectivity index (χ0) is 14.5. The van der Waals surface area contributed by atoms with Gasteiger partial charge in [-0.15, -0.1) is 11.3 Å². The van der Waals surface area contributed by atoms with Crippen molar-refractivity contribution in [3.63, 3.8) is 0 Å². The fourth-order valence-electron chi connectivity index (χ4n) is 1.66. The predicted molar refractivity (Wildman–Crippen MR) is 74.3 cm³/mol. The number of carboxylic acid groups (broad SMARTS) is 1. The molecule has 1 atom stereocenters. The summed E-state index contributed by atoms with van der Waals surface area (Å²) < 4.78 is 0. The molecule has 0 aliphatic rings. The summed E-state index contributed by atoms with van der Waals surface area (Å²) in [6.45, 7) is 0.217. The fraction of sp³-hybridized carbons (Fsp3) is 0.154. The summed E-state index contributed by atoms with van der Waals surface area (Å²) >= 11 is 1.28. The number of hydrogen-bond donors (Lipinski definition) is 3. The highest BCUT2D eigenvalue weighted by Gasteiger charge is 2.23. The number of amides is 1. The van der Waals surface area contributed by atoms with Gasteiger partial charge in [0, 0.05) is 23.2 Å². The van der Waals surface area contributed by atoms with Crippen LogP contribution in [0.25, 0.3) is 0 Å². The monoisotopic (exact) mass is 291 g/mol. The summed E-state index contributed by atoms with van der Waals surface area (Å²) in [7, 11) is 0. The Kier molecular flexibility index (Phi) is 4.44. The highest BCUT2D eigenvalue weighted by molar-refractivity contribution is 7.10. The van der Waals surface area contributed by atoms with Crippen molar-refractivity contribution in [2.24, 2.45) is 5.73 Å². The van der Waals surface area contributed by atoms with Crippen LogP contribution in [0.3, 0.4) is 0 Å². The molecule has 1 unspecified atom stereocenters. The number of carbonyl (C=O) groups is 2. The van der Waals surface area contributed by atoms with Crippen molar-refractivity contribution >= 4 is 23.2 Å². The molecule has 0 radical (unpaired) electrons. The van der Waals surface area contributed by atoms with E-state index in [1.807, 2.05) is 0 Å². The van der Waals surface area contributed by atoms with Gasteiger partial charge in [-0.2, -0.15) is 0 Å². The molecule has 0 spiro atoms. The van der Waals surface area contributed by atoms with Crippen molar-refractivity contribution in [3.8, 4) is 0 Å². The standard InChI is InChI=1S/C13H13N3O3S/c14-7-9-6-8(3-4-15-9)12(17)16-11(13(18)19)10-2-1-5-20-10/h1-6,11H,7,14H2,(H,16,17)(H,18,19). The number of rotatable bonds is 5. The third-order valence-electron chi connectivity index (χ3n) is 2.64. The van der Waals surface area contributed by atoms with Gasteiger partial charge in [-0.3, -0.25) is 9.78 Å². The van der Waals surface area contributed by atoms with E-state index in [0.717, 1.165) is 0 Å². The summed E-state index contributed by atoms with van der Waals surface area (Å²) in [4.78, 5) is 27.9. The van der Waals surface area contributed by atoms with E-state index in [2.05, 4.69) is 10.3 Å². The second kappa shape index (κ2) is 6.27. The molecule has 0 aliphatic heterocycles. The molecule has 104 valence electrons. The van der Waals surface area contributed by atoms with Crippen molar-refractivity contribution in [1.29, 1.82) is 0 Å². The molecule has 0 aromatic carbocycles. The number of nitrogens with two attached hydrogens (primary N) is 1. The molecule has 7 heteroatoms. The molecule has 6 nitrogen and oxygen atoms in total. The van der Waals surface area contributed by atoms with Gasteiger partial charge in [0.1, 0.15) is 0 Å². The molecule has 2 aromatic heterocycles. The minimum Gasteiger partial charge on any atom is -0.479 e. The average Bonchev–Trinajstić information content (AvgIpc) is 2.98. The first-order valence-electron chi connectivity index (χ1n) is 5.84. The van der Waals surface area contributed by atoms with Crippen LogP contribution in [0.4, 0.5) is 0 Å². The lowest BCUT2D eigenvalue weighted by Gasteiger charge is -2.13. The molecular weight excluding hydrogens is 278 g/mol. The van der Waals surface area contributed by atoms with Gasteiger partial charge < -0.3 is 16.2 Å². The average molecular weight is 291 g/mol. The molecule has 20 heavy (non-hydrogen) atoms. The van der Waals surface area contributed by atoms with Gasteiger partial charge in [0.05, 0.1) is 5.69 Å². The van der Waals surface area contributed by atoms with Gasteiger partial charge >= 0.3 is 5.97 Å². The number of pyridine rings is 1. The van der Waals surface area contributed by atoms with Crippen LogP contribution < -0.4 is 11.1 Å². The van der Waals surface area contributed by atoms with E-state index in [0.29, 0.717) is 16.1 Å². The number of aliphatic carboxylic acids is 1. The first-order chi connectivity index (χ1) is 9.61. The fourth-order valence-corrected chi connectivity index (χ4v) is 2.42. The molecule has 1 amide bonds. The van der Waals surface area contributed by atoms with Gasteiger partial charge in [-0.05, 0) is 23.6 Å². The number of carboxylic acids is 1. The van der Waals surface area contributed by atoms with E-state index in [4.69, 9.17) is 5.73 Å². The maximum atomic E-state index is 12.1. The van der Waals surface area contributed by atoms with E-state index in [1.54, 1.807) is 23.6 Å². The molecule has 2 rings (SSSR count). The molecule has 0 aliphatic carbocycles. The smallest absolute Gasteiger partial charge is 0.331 e. The van der Waals surface area contributed by atoms with E-state index < -0.39 is 17.9 Å². The van der Waals surface area contributed by atoms with Crippen molar-refractivity contribution in [2.75, 3.05) is 0 Å². The Morgan fingerprint density at radius 3 is 2.85 bits per heavy atom. The highest BCUT2D eigenvalue weighted by Crippen LogP contribution is 2.19. The Balaban J connectivity index is 2.18. The van der Waals surface area contributed by atoms with Crippen LogP contribution in [0.5, 0.6) is 0 Å². The molecular formula is C13H13N3O3S. The van der Waals surface area contributed by atoms with Gasteiger partial charge in [0.2, 0.25) is 0 Å².